The van der Waals surface area contributed by atoms with Gasteiger partial charge in [0.05, 0.1) is 5.54 Å². The van der Waals surface area contributed by atoms with E-state index in [4.69, 9.17) is 5.73 Å². The van der Waals surface area contributed by atoms with Crippen molar-refractivity contribution in [1.82, 2.24) is 0 Å². The summed E-state index contributed by atoms with van der Waals surface area (Å²) in [6, 6.07) is 18.0. The van der Waals surface area contributed by atoms with Gasteiger partial charge < -0.3 is 11.1 Å². The molecule has 4 heteroatoms. The molecule has 2 aromatic rings. The van der Waals surface area contributed by atoms with Crippen LogP contribution in [0.15, 0.2) is 60.7 Å². The molecule has 1 aliphatic rings. The molecule has 0 radical (unpaired) electrons. The fourth-order valence-electron chi connectivity index (χ4n) is 2.91. The van der Waals surface area contributed by atoms with Gasteiger partial charge in [-0.3, -0.25) is 4.79 Å². The Morgan fingerprint density at radius 3 is 2.50 bits per heavy atom. The predicted molar refractivity (Wildman–Crippen MR) is 93.7 cm³/mol. The molecule has 1 unspecified atom stereocenters. The summed E-state index contributed by atoms with van der Waals surface area (Å²) in [7, 11) is 0. The first-order valence-corrected chi connectivity index (χ1v) is 8.50. The molecule has 112 valence electrons. The molecule has 0 bridgehead atoms. The highest BCUT2D eigenvalue weighted by atomic mass is 32.2. The van der Waals surface area contributed by atoms with E-state index in [-0.39, 0.29) is 0 Å². The van der Waals surface area contributed by atoms with Gasteiger partial charge in [-0.25, -0.2) is 0 Å². The monoisotopic (exact) mass is 310 g/mol. The van der Waals surface area contributed by atoms with Crippen LogP contribution in [0.5, 0.6) is 0 Å². The Labute approximate surface area is 134 Å². The first-order chi connectivity index (χ1) is 10.7. The highest BCUT2D eigenvalue weighted by Crippen LogP contribution is 2.40. The molecular weight excluding hydrogens is 292 g/mol. The minimum atomic E-state index is -0.431. The number of nitrogens with one attached hydrogen (secondary N) is 1. The van der Waals surface area contributed by atoms with Crippen LogP contribution in [0.3, 0.4) is 0 Å². The number of nitrogens with two attached hydrogens (primary N) is 1. The molecule has 0 saturated heterocycles. The first-order valence-electron chi connectivity index (χ1n) is 7.11. The normalized spacial score (nSPS) is 19.8. The van der Waals surface area contributed by atoms with Crippen molar-refractivity contribution in [3.8, 4) is 0 Å². The third kappa shape index (κ3) is 2.50. The van der Waals surface area contributed by atoms with Crippen LogP contribution in [-0.4, -0.2) is 17.9 Å². The summed E-state index contributed by atoms with van der Waals surface area (Å²) in [6.45, 7) is 0. The molecule has 0 saturated carbocycles. The van der Waals surface area contributed by atoms with E-state index in [0.717, 1.165) is 22.6 Å². The first kappa shape index (κ1) is 14.7. The summed E-state index contributed by atoms with van der Waals surface area (Å²) in [5, 5.41) is 3.61. The minimum Gasteiger partial charge on any atom is -0.371 e. The molecule has 2 aromatic carbocycles. The fraction of sp³-hybridized carbons (Fsp3) is 0.167. The van der Waals surface area contributed by atoms with Crippen molar-refractivity contribution in [3.63, 3.8) is 0 Å². The number of rotatable bonds is 4. The molecule has 0 aromatic heterocycles. The van der Waals surface area contributed by atoms with Crippen LogP contribution >= 0.6 is 11.8 Å². The second-order valence-electron chi connectivity index (χ2n) is 5.36. The number of primary amides is 1. The largest absolute Gasteiger partial charge is 0.371 e. The van der Waals surface area contributed by atoms with E-state index in [0.29, 0.717) is 5.57 Å². The lowest BCUT2D eigenvalue weighted by atomic mass is 9.83. The average molecular weight is 310 g/mol. The molecule has 3 N–H and O–H groups in total. The number of benzene rings is 2. The number of hydrogen-bond donors (Lipinski definition) is 2. The molecule has 3 rings (SSSR count). The third-order valence-electron chi connectivity index (χ3n) is 3.89. The Kier molecular flexibility index (Phi) is 3.94. The zero-order valence-electron chi connectivity index (χ0n) is 12.4. The smallest absolute Gasteiger partial charge is 0.249 e. The average Bonchev–Trinajstić information content (AvgIpc) is 2.55. The Balaban J connectivity index is 2.21. The predicted octanol–water partition coefficient (Wildman–Crippen LogP) is 3.24. The molecule has 1 amide bonds. The summed E-state index contributed by atoms with van der Waals surface area (Å²) < 4.78 is 0. The standard InChI is InChI=1S/C18H18N2OS/c1-22-12-18(13-7-3-2-4-8-13)11-15(17(19)21)14-9-5-6-10-16(14)20-18/h2-11,20H,12H2,1H3,(H2,19,21). The highest BCUT2D eigenvalue weighted by molar-refractivity contribution is 7.98. The van der Waals surface area contributed by atoms with Gasteiger partial charge in [0.1, 0.15) is 0 Å². The van der Waals surface area contributed by atoms with Crippen molar-refractivity contribution in [2.75, 3.05) is 17.3 Å². The van der Waals surface area contributed by atoms with Crippen molar-refractivity contribution in [1.29, 1.82) is 0 Å². The maximum Gasteiger partial charge on any atom is 0.249 e. The van der Waals surface area contributed by atoms with E-state index >= 15 is 0 Å². The van der Waals surface area contributed by atoms with Gasteiger partial charge in [-0.1, -0.05) is 48.5 Å². The van der Waals surface area contributed by atoms with E-state index < -0.39 is 11.4 Å². The SMILES string of the molecule is CSCC1(c2ccccc2)C=C(C(N)=O)c2ccccc2N1. The zero-order valence-corrected chi connectivity index (χ0v) is 13.2. The Bertz CT molecular complexity index is 727. The van der Waals surface area contributed by atoms with Crippen molar-refractivity contribution in [2.45, 2.75) is 5.54 Å². The number of para-hydroxylation sites is 1. The minimum absolute atomic E-state index is 0.393. The number of thioether (sulfide) groups is 1. The van der Waals surface area contributed by atoms with E-state index in [1.54, 1.807) is 11.8 Å². The number of fused-ring (bicyclic) bond motifs is 1. The summed E-state index contributed by atoms with van der Waals surface area (Å²) in [5.74, 6) is 0.414. The molecular formula is C18H18N2OS. The molecule has 3 nitrogen and oxygen atoms in total. The number of carbonyl (C=O) groups is 1. The van der Waals surface area contributed by atoms with E-state index in [2.05, 4.69) is 23.7 Å². The third-order valence-corrected chi connectivity index (χ3v) is 4.64. The van der Waals surface area contributed by atoms with Crippen LogP contribution in [0.1, 0.15) is 11.1 Å². The molecule has 0 spiro atoms. The van der Waals surface area contributed by atoms with Crippen LogP contribution in [0.4, 0.5) is 5.69 Å². The van der Waals surface area contributed by atoms with Gasteiger partial charge in [-0.2, -0.15) is 11.8 Å². The maximum atomic E-state index is 12.0. The van der Waals surface area contributed by atoms with Gasteiger partial charge >= 0.3 is 0 Å². The van der Waals surface area contributed by atoms with Gasteiger partial charge in [-0.05, 0) is 24.0 Å². The quantitative estimate of drug-likeness (QED) is 0.911. The van der Waals surface area contributed by atoms with Gasteiger partial charge in [0, 0.05) is 22.6 Å². The van der Waals surface area contributed by atoms with Crippen LogP contribution in [0, 0.1) is 0 Å². The van der Waals surface area contributed by atoms with Crippen LogP contribution in [0.2, 0.25) is 0 Å². The van der Waals surface area contributed by atoms with Crippen molar-refractivity contribution in [3.05, 3.63) is 71.8 Å². The Morgan fingerprint density at radius 2 is 1.82 bits per heavy atom. The van der Waals surface area contributed by atoms with Crippen LogP contribution in [0.25, 0.3) is 5.57 Å². The molecule has 0 aliphatic carbocycles. The Hall–Kier alpha value is -2.20. The number of carbonyl (C=O) groups excluding carboxylic acids is 1. The highest BCUT2D eigenvalue weighted by Gasteiger charge is 2.35. The lowest BCUT2D eigenvalue weighted by Crippen LogP contribution is -2.40. The maximum absolute atomic E-state index is 12.0. The lowest BCUT2D eigenvalue weighted by Gasteiger charge is -2.38. The second-order valence-corrected chi connectivity index (χ2v) is 6.23. The number of anilines is 1. The molecule has 22 heavy (non-hydrogen) atoms. The summed E-state index contributed by atoms with van der Waals surface area (Å²) >= 11 is 1.73. The lowest BCUT2D eigenvalue weighted by molar-refractivity contribution is -0.112. The number of hydrogen-bond acceptors (Lipinski definition) is 3. The zero-order chi connectivity index (χ0) is 15.6. The van der Waals surface area contributed by atoms with E-state index in [9.17, 15) is 4.79 Å². The van der Waals surface area contributed by atoms with E-state index in [1.165, 1.54) is 0 Å². The van der Waals surface area contributed by atoms with Gasteiger partial charge in [0.2, 0.25) is 5.91 Å². The van der Waals surface area contributed by atoms with Gasteiger partial charge in [0.25, 0.3) is 0 Å². The Morgan fingerprint density at radius 1 is 1.14 bits per heavy atom. The van der Waals surface area contributed by atoms with Crippen LogP contribution < -0.4 is 11.1 Å². The van der Waals surface area contributed by atoms with Crippen molar-refractivity contribution >= 4 is 28.9 Å². The van der Waals surface area contributed by atoms with Crippen molar-refractivity contribution < 1.29 is 4.79 Å². The summed E-state index contributed by atoms with van der Waals surface area (Å²) in [5.41, 5.74) is 8.71. The summed E-state index contributed by atoms with van der Waals surface area (Å²) in [4.78, 5) is 12.0. The molecule has 1 aliphatic heterocycles. The molecule has 1 atom stereocenters. The van der Waals surface area contributed by atoms with Crippen molar-refractivity contribution in [2.24, 2.45) is 5.73 Å². The number of amides is 1. The van der Waals surface area contributed by atoms with E-state index in [1.807, 2.05) is 48.5 Å². The van der Waals surface area contributed by atoms with Gasteiger partial charge in [-0.15, -0.1) is 0 Å². The second kappa shape index (κ2) is 5.89. The fourth-order valence-corrected chi connectivity index (χ4v) is 3.69. The topological polar surface area (TPSA) is 55.1 Å². The van der Waals surface area contributed by atoms with Gasteiger partial charge in [0.15, 0.2) is 0 Å². The molecule has 1 heterocycles. The summed E-state index contributed by atoms with van der Waals surface area (Å²) in [6.07, 6.45) is 4.04. The van der Waals surface area contributed by atoms with Crippen LogP contribution in [-0.2, 0) is 10.3 Å². The molecule has 0 fully saturated rings.